The van der Waals surface area contributed by atoms with Crippen LogP contribution in [0.4, 0.5) is 10.2 Å². The maximum atomic E-state index is 14.1. The van der Waals surface area contributed by atoms with Gasteiger partial charge in [-0.15, -0.1) is 0 Å². The van der Waals surface area contributed by atoms with Crippen LogP contribution in [0.5, 0.6) is 5.88 Å². The summed E-state index contributed by atoms with van der Waals surface area (Å²) < 4.78 is 19.6. The Morgan fingerprint density at radius 1 is 1.41 bits per heavy atom. The molecule has 22 heavy (non-hydrogen) atoms. The van der Waals surface area contributed by atoms with Crippen LogP contribution in [0.1, 0.15) is 49.9 Å². The number of nitrogens with zero attached hydrogens (tertiary/aromatic N) is 1. The van der Waals surface area contributed by atoms with E-state index in [4.69, 9.17) is 16.2 Å². The Morgan fingerprint density at radius 3 is 2.59 bits per heavy atom. The second-order valence-electron chi connectivity index (χ2n) is 5.96. The van der Waals surface area contributed by atoms with Gasteiger partial charge in [-0.05, 0) is 45.6 Å². The van der Waals surface area contributed by atoms with Crippen LogP contribution >= 0.6 is 0 Å². The van der Waals surface area contributed by atoms with Gasteiger partial charge in [-0.2, -0.15) is 4.98 Å². The molecule has 0 bridgehead atoms. The highest BCUT2D eigenvalue weighted by molar-refractivity contribution is 5.95. The fraction of sp³-hybridized carbons (Fsp3) is 0.600. The first-order valence-corrected chi connectivity index (χ1v) is 7.56. The van der Waals surface area contributed by atoms with Gasteiger partial charge in [0.2, 0.25) is 5.88 Å². The molecule has 1 aromatic heterocycles. The molecule has 0 radical (unpaired) electrons. The van der Waals surface area contributed by atoms with Crippen molar-refractivity contribution in [2.24, 2.45) is 11.5 Å². The molecule has 1 fully saturated rings. The molecule has 1 aliphatic carbocycles. The molecular weight excluding hydrogens is 287 g/mol. The Balaban J connectivity index is 2.21. The van der Waals surface area contributed by atoms with Crippen molar-refractivity contribution in [2.75, 3.05) is 5.32 Å². The van der Waals surface area contributed by atoms with Crippen molar-refractivity contribution in [2.45, 2.75) is 57.7 Å². The molecule has 6 nitrogen and oxygen atoms in total. The van der Waals surface area contributed by atoms with Gasteiger partial charge in [0.15, 0.2) is 11.6 Å². The van der Waals surface area contributed by atoms with Gasteiger partial charge in [0, 0.05) is 12.1 Å². The van der Waals surface area contributed by atoms with Crippen molar-refractivity contribution in [3.8, 4) is 5.88 Å². The van der Waals surface area contributed by atoms with Gasteiger partial charge in [0.25, 0.3) is 5.91 Å². The van der Waals surface area contributed by atoms with E-state index in [0.29, 0.717) is 0 Å². The molecule has 1 aromatic rings. The molecule has 1 heterocycles. The quantitative estimate of drug-likeness (QED) is 0.769. The molecule has 1 aliphatic rings. The number of hydrogen-bond donors (Lipinski definition) is 3. The van der Waals surface area contributed by atoms with Crippen LogP contribution in [0, 0.1) is 5.82 Å². The van der Waals surface area contributed by atoms with Crippen molar-refractivity contribution in [3.05, 3.63) is 17.4 Å². The highest BCUT2D eigenvalue weighted by atomic mass is 19.1. The lowest BCUT2D eigenvalue weighted by Crippen LogP contribution is -2.33. The number of anilines is 1. The smallest absolute Gasteiger partial charge is 0.254 e. The minimum Gasteiger partial charge on any atom is -0.474 e. The third-order valence-corrected chi connectivity index (χ3v) is 3.67. The second kappa shape index (κ2) is 6.91. The number of nitrogens with one attached hydrogen (secondary N) is 1. The molecule has 0 aliphatic heterocycles. The minimum atomic E-state index is -0.766. The van der Waals surface area contributed by atoms with Crippen LogP contribution in [0.15, 0.2) is 6.07 Å². The summed E-state index contributed by atoms with van der Waals surface area (Å²) in [5.74, 6) is -1.24. The van der Waals surface area contributed by atoms with E-state index < -0.39 is 11.7 Å². The fourth-order valence-electron chi connectivity index (χ4n) is 2.52. The van der Waals surface area contributed by atoms with Gasteiger partial charge in [-0.1, -0.05) is 0 Å². The predicted molar refractivity (Wildman–Crippen MR) is 82.3 cm³/mol. The number of amides is 1. The average molecular weight is 310 g/mol. The van der Waals surface area contributed by atoms with E-state index in [1.54, 1.807) is 13.8 Å². The van der Waals surface area contributed by atoms with E-state index >= 15 is 0 Å². The lowest BCUT2D eigenvalue weighted by atomic mass is 9.92. The van der Waals surface area contributed by atoms with Gasteiger partial charge < -0.3 is 21.5 Å². The summed E-state index contributed by atoms with van der Waals surface area (Å²) in [6, 6.07) is 1.41. The maximum Gasteiger partial charge on any atom is 0.254 e. The third-order valence-electron chi connectivity index (χ3n) is 3.67. The summed E-state index contributed by atoms with van der Waals surface area (Å²) in [7, 11) is 0. The Hall–Kier alpha value is -1.89. The normalized spacial score (nSPS) is 21.7. The molecule has 7 heteroatoms. The number of halogens is 1. The number of carbonyl (C=O) groups is 1. The van der Waals surface area contributed by atoms with Gasteiger partial charge in [-0.25, -0.2) is 4.39 Å². The zero-order valence-electron chi connectivity index (χ0n) is 12.9. The molecule has 0 spiro atoms. The average Bonchev–Trinajstić information content (AvgIpc) is 2.43. The first kappa shape index (κ1) is 16.5. The van der Waals surface area contributed by atoms with Crippen molar-refractivity contribution < 1.29 is 13.9 Å². The Kier molecular flexibility index (Phi) is 5.18. The zero-order valence-corrected chi connectivity index (χ0v) is 12.9. The van der Waals surface area contributed by atoms with E-state index in [2.05, 4.69) is 10.3 Å². The van der Waals surface area contributed by atoms with Crippen molar-refractivity contribution in [3.63, 3.8) is 0 Å². The molecule has 2 rings (SSSR count). The van der Waals surface area contributed by atoms with Gasteiger partial charge >= 0.3 is 0 Å². The van der Waals surface area contributed by atoms with Crippen molar-refractivity contribution in [1.82, 2.24) is 4.98 Å². The highest BCUT2D eigenvalue weighted by Crippen LogP contribution is 2.26. The van der Waals surface area contributed by atoms with Crippen LogP contribution in [0.2, 0.25) is 0 Å². The van der Waals surface area contributed by atoms with Crippen molar-refractivity contribution >= 4 is 11.7 Å². The molecule has 1 saturated carbocycles. The topological polar surface area (TPSA) is 103 Å². The van der Waals surface area contributed by atoms with E-state index in [1.807, 2.05) is 0 Å². The fourth-order valence-corrected chi connectivity index (χ4v) is 2.52. The SMILES string of the molecule is CC(C)Oc1nc(NC2CCC(N)CC2)c(F)cc1C(N)=O. The molecular formula is C15H23FN4O2. The van der Waals surface area contributed by atoms with Gasteiger partial charge in [0.05, 0.1) is 6.10 Å². The van der Waals surface area contributed by atoms with E-state index in [9.17, 15) is 9.18 Å². The highest BCUT2D eigenvalue weighted by Gasteiger charge is 2.22. The maximum absolute atomic E-state index is 14.1. The summed E-state index contributed by atoms with van der Waals surface area (Å²) >= 11 is 0. The summed E-state index contributed by atoms with van der Waals surface area (Å²) in [5, 5.41) is 3.08. The number of primary amides is 1. The number of nitrogens with two attached hydrogens (primary N) is 2. The number of carbonyl (C=O) groups excluding carboxylic acids is 1. The summed E-state index contributed by atoms with van der Waals surface area (Å²) in [6.45, 7) is 3.59. The second-order valence-corrected chi connectivity index (χ2v) is 5.96. The zero-order chi connectivity index (χ0) is 16.3. The monoisotopic (exact) mass is 310 g/mol. The lowest BCUT2D eigenvalue weighted by molar-refractivity contribution is 0.0992. The molecule has 0 unspecified atom stereocenters. The third kappa shape index (κ3) is 4.07. The largest absolute Gasteiger partial charge is 0.474 e. The molecule has 1 amide bonds. The summed E-state index contributed by atoms with van der Waals surface area (Å²) in [4.78, 5) is 15.5. The number of hydrogen-bond acceptors (Lipinski definition) is 5. The molecule has 0 aromatic carbocycles. The Labute approximate surface area is 129 Å². The van der Waals surface area contributed by atoms with Gasteiger partial charge in [-0.3, -0.25) is 4.79 Å². The lowest BCUT2D eigenvalue weighted by Gasteiger charge is -2.27. The Morgan fingerprint density at radius 2 is 2.05 bits per heavy atom. The number of aromatic nitrogens is 1. The predicted octanol–water partition coefficient (Wildman–Crippen LogP) is 1.79. The molecule has 0 atom stereocenters. The number of pyridine rings is 1. The van der Waals surface area contributed by atoms with Crippen LogP contribution in [-0.4, -0.2) is 29.1 Å². The van der Waals surface area contributed by atoms with Crippen LogP contribution in [-0.2, 0) is 0 Å². The van der Waals surface area contributed by atoms with Crippen molar-refractivity contribution in [1.29, 1.82) is 0 Å². The van der Waals surface area contributed by atoms with Crippen LogP contribution in [0.3, 0.4) is 0 Å². The van der Waals surface area contributed by atoms with E-state index in [-0.39, 0.29) is 35.4 Å². The Bertz CT molecular complexity index is 543. The van der Waals surface area contributed by atoms with E-state index in [1.165, 1.54) is 0 Å². The summed E-state index contributed by atoms with van der Waals surface area (Å²) in [6.07, 6.45) is 3.32. The number of rotatable bonds is 5. The molecule has 0 saturated heterocycles. The minimum absolute atomic E-state index is 0.0533. The van der Waals surface area contributed by atoms with E-state index in [0.717, 1.165) is 31.7 Å². The van der Waals surface area contributed by atoms with Gasteiger partial charge in [0.1, 0.15) is 5.56 Å². The first-order chi connectivity index (χ1) is 10.4. The first-order valence-electron chi connectivity index (χ1n) is 7.56. The summed E-state index contributed by atoms with van der Waals surface area (Å²) in [5.41, 5.74) is 11.1. The number of ether oxygens (including phenoxy) is 1. The molecule has 122 valence electrons. The van der Waals surface area contributed by atoms with Crippen LogP contribution in [0.25, 0.3) is 0 Å². The standard InChI is InChI=1S/C15H23FN4O2/c1-8(2)22-15-11(13(18)21)7-12(16)14(20-15)19-10-5-3-9(17)4-6-10/h7-10H,3-6,17H2,1-2H3,(H2,18,21)(H,19,20). The van der Waals surface area contributed by atoms with Crippen LogP contribution < -0.4 is 21.5 Å². The molecule has 5 N–H and O–H groups in total.